The van der Waals surface area contributed by atoms with E-state index in [1.54, 1.807) is 0 Å². The normalized spacial score (nSPS) is 10.8. The zero-order valence-electron chi connectivity index (χ0n) is 11.3. The Labute approximate surface area is 134 Å². The number of aryl methyl sites for hydroxylation is 1. The number of nitrogens with one attached hydrogen (secondary N) is 1. The van der Waals surface area contributed by atoms with Gasteiger partial charge in [-0.2, -0.15) is 0 Å². The molecule has 0 fully saturated rings. The van der Waals surface area contributed by atoms with E-state index in [2.05, 4.69) is 21.2 Å². The van der Waals surface area contributed by atoms with Gasteiger partial charge in [-0.05, 0) is 36.8 Å². The van der Waals surface area contributed by atoms with E-state index in [0.29, 0.717) is 10.6 Å². The zero-order valence-corrected chi connectivity index (χ0v) is 13.7. The average Bonchev–Trinajstić information content (AvgIpc) is 2.75. The fourth-order valence-corrected chi connectivity index (χ4v) is 3.66. The van der Waals surface area contributed by atoms with Crippen molar-refractivity contribution >= 4 is 54.6 Å². The summed E-state index contributed by atoms with van der Waals surface area (Å²) >= 11 is 4.81. The highest BCUT2D eigenvalue weighted by atomic mass is 79.9. The van der Waals surface area contributed by atoms with E-state index in [9.17, 15) is 4.79 Å². The summed E-state index contributed by atoms with van der Waals surface area (Å²) in [6, 6.07) is 13.5. The summed E-state index contributed by atoms with van der Waals surface area (Å²) in [4.78, 5) is 13.0. The quantitative estimate of drug-likeness (QED) is 0.688. The van der Waals surface area contributed by atoms with E-state index in [4.69, 9.17) is 5.73 Å². The molecular formula is C16H13BrN2OS. The molecule has 21 heavy (non-hydrogen) atoms. The number of carbonyl (C=O) groups excluding carboxylic acids is 1. The van der Waals surface area contributed by atoms with Crippen molar-refractivity contribution < 1.29 is 4.79 Å². The monoisotopic (exact) mass is 360 g/mol. The minimum absolute atomic E-state index is 0.176. The fraction of sp³-hybridized carbons (Fsp3) is 0.0625. The number of hydrogen-bond acceptors (Lipinski definition) is 3. The molecule has 2 aromatic carbocycles. The van der Waals surface area contributed by atoms with Crippen LogP contribution in [0.25, 0.3) is 10.1 Å². The number of anilines is 2. The Kier molecular flexibility index (Phi) is 3.69. The lowest BCUT2D eigenvalue weighted by molar-refractivity contribution is 0.103. The van der Waals surface area contributed by atoms with Gasteiger partial charge in [-0.3, -0.25) is 4.79 Å². The first-order valence-corrected chi connectivity index (χ1v) is 8.01. The van der Waals surface area contributed by atoms with E-state index in [1.807, 2.05) is 49.4 Å². The van der Waals surface area contributed by atoms with Crippen LogP contribution < -0.4 is 11.1 Å². The number of nitrogen functional groups attached to an aromatic ring is 1. The molecule has 3 N–H and O–H groups in total. The van der Waals surface area contributed by atoms with Crippen molar-refractivity contribution in [1.82, 2.24) is 0 Å². The molecule has 5 heteroatoms. The molecule has 106 valence electrons. The third-order valence-electron chi connectivity index (χ3n) is 3.17. The predicted molar refractivity (Wildman–Crippen MR) is 93.1 cm³/mol. The third kappa shape index (κ3) is 2.80. The number of fused-ring (bicyclic) bond motifs is 1. The molecule has 3 nitrogen and oxygen atoms in total. The van der Waals surface area contributed by atoms with Crippen LogP contribution in [0.3, 0.4) is 0 Å². The number of carbonyl (C=O) groups is 1. The number of amides is 1. The molecule has 0 bridgehead atoms. The van der Waals surface area contributed by atoms with Crippen molar-refractivity contribution in [2.45, 2.75) is 6.92 Å². The van der Waals surface area contributed by atoms with E-state index in [0.717, 1.165) is 25.8 Å². The summed E-state index contributed by atoms with van der Waals surface area (Å²) in [5.41, 5.74) is 8.55. The van der Waals surface area contributed by atoms with Gasteiger partial charge in [-0.1, -0.05) is 34.1 Å². The maximum Gasteiger partial charge on any atom is 0.267 e. The van der Waals surface area contributed by atoms with Gasteiger partial charge in [0.15, 0.2) is 0 Å². The largest absolute Gasteiger partial charge is 0.397 e. The summed E-state index contributed by atoms with van der Waals surface area (Å²) in [7, 11) is 0. The zero-order chi connectivity index (χ0) is 15.0. The molecule has 0 unspecified atom stereocenters. The minimum atomic E-state index is -0.176. The molecule has 0 atom stereocenters. The van der Waals surface area contributed by atoms with Gasteiger partial charge in [-0.15, -0.1) is 11.3 Å². The van der Waals surface area contributed by atoms with Crippen molar-refractivity contribution in [2.24, 2.45) is 0 Å². The second-order valence-corrected chi connectivity index (χ2v) is 6.78. The van der Waals surface area contributed by atoms with Crippen LogP contribution >= 0.6 is 27.3 Å². The van der Waals surface area contributed by atoms with Gasteiger partial charge in [0.2, 0.25) is 0 Å². The molecular weight excluding hydrogens is 348 g/mol. The summed E-state index contributed by atoms with van der Waals surface area (Å²) in [5.74, 6) is -0.176. The van der Waals surface area contributed by atoms with E-state index in [1.165, 1.54) is 11.3 Å². The Morgan fingerprint density at radius 2 is 2.05 bits per heavy atom. The van der Waals surface area contributed by atoms with E-state index >= 15 is 0 Å². The molecule has 3 rings (SSSR count). The first-order valence-electron chi connectivity index (χ1n) is 6.40. The van der Waals surface area contributed by atoms with Crippen LogP contribution in [0.4, 0.5) is 11.4 Å². The topological polar surface area (TPSA) is 55.1 Å². The maximum atomic E-state index is 12.4. The molecule has 3 aromatic rings. The second-order valence-electron chi connectivity index (χ2n) is 4.81. The van der Waals surface area contributed by atoms with Gasteiger partial charge in [0.25, 0.3) is 5.91 Å². The minimum Gasteiger partial charge on any atom is -0.397 e. The lowest BCUT2D eigenvalue weighted by Gasteiger charge is -2.04. The van der Waals surface area contributed by atoms with Gasteiger partial charge in [0.1, 0.15) is 4.88 Å². The van der Waals surface area contributed by atoms with Gasteiger partial charge < -0.3 is 11.1 Å². The van der Waals surface area contributed by atoms with Gasteiger partial charge in [0.05, 0.1) is 5.69 Å². The molecule has 0 aliphatic carbocycles. The molecule has 0 saturated heterocycles. The Balaban J connectivity index is 1.96. The van der Waals surface area contributed by atoms with Crippen molar-refractivity contribution in [1.29, 1.82) is 0 Å². The van der Waals surface area contributed by atoms with Crippen LogP contribution in [0.1, 0.15) is 15.2 Å². The SMILES string of the molecule is Cc1ccc2c(N)c(C(=O)Nc3cccc(Br)c3)sc2c1. The Bertz CT molecular complexity index is 841. The molecule has 1 heterocycles. The number of thiophene rings is 1. The standard InChI is InChI=1S/C16H13BrN2OS/c1-9-5-6-12-13(7-9)21-15(14(12)18)16(20)19-11-4-2-3-10(17)8-11/h2-8H,18H2,1H3,(H,19,20). The highest BCUT2D eigenvalue weighted by Gasteiger charge is 2.16. The summed E-state index contributed by atoms with van der Waals surface area (Å²) < 4.78 is 1.95. The van der Waals surface area contributed by atoms with Crippen molar-refractivity contribution in [2.75, 3.05) is 11.1 Å². The number of halogens is 1. The highest BCUT2D eigenvalue weighted by molar-refractivity contribution is 9.10. The molecule has 0 radical (unpaired) electrons. The van der Waals surface area contributed by atoms with Crippen molar-refractivity contribution in [3.63, 3.8) is 0 Å². The average molecular weight is 361 g/mol. The summed E-state index contributed by atoms with van der Waals surface area (Å²) in [6.45, 7) is 2.02. The van der Waals surface area contributed by atoms with Crippen LogP contribution in [-0.4, -0.2) is 5.91 Å². The van der Waals surface area contributed by atoms with Crippen LogP contribution in [0.5, 0.6) is 0 Å². The van der Waals surface area contributed by atoms with Crippen LogP contribution in [0.2, 0.25) is 0 Å². The fourth-order valence-electron chi connectivity index (χ4n) is 2.15. The van der Waals surface area contributed by atoms with Gasteiger partial charge in [0, 0.05) is 20.2 Å². The van der Waals surface area contributed by atoms with Crippen LogP contribution in [-0.2, 0) is 0 Å². The Hall–Kier alpha value is -1.85. The molecule has 1 aromatic heterocycles. The second kappa shape index (κ2) is 5.50. The Morgan fingerprint density at radius 1 is 1.24 bits per heavy atom. The van der Waals surface area contributed by atoms with Gasteiger partial charge in [-0.25, -0.2) is 0 Å². The highest BCUT2D eigenvalue weighted by Crippen LogP contribution is 2.34. The maximum absolute atomic E-state index is 12.4. The lowest BCUT2D eigenvalue weighted by atomic mass is 10.1. The number of hydrogen-bond donors (Lipinski definition) is 2. The number of nitrogens with two attached hydrogens (primary N) is 1. The smallest absolute Gasteiger partial charge is 0.267 e. The molecule has 0 aliphatic heterocycles. The van der Waals surface area contributed by atoms with Crippen molar-refractivity contribution in [3.05, 3.63) is 57.4 Å². The number of benzene rings is 2. The number of rotatable bonds is 2. The summed E-state index contributed by atoms with van der Waals surface area (Å²) in [5, 5.41) is 3.81. The Morgan fingerprint density at radius 3 is 2.81 bits per heavy atom. The third-order valence-corrected chi connectivity index (χ3v) is 4.83. The van der Waals surface area contributed by atoms with Crippen LogP contribution in [0.15, 0.2) is 46.9 Å². The molecule has 1 amide bonds. The molecule has 0 spiro atoms. The lowest BCUT2D eigenvalue weighted by Crippen LogP contribution is -2.11. The van der Waals surface area contributed by atoms with Crippen molar-refractivity contribution in [3.8, 4) is 0 Å². The summed E-state index contributed by atoms with van der Waals surface area (Å²) in [6.07, 6.45) is 0. The van der Waals surface area contributed by atoms with E-state index < -0.39 is 0 Å². The first kappa shape index (κ1) is 14.1. The van der Waals surface area contributed by atoms with E-state index in [-0.39, 0.29) is 5.91 Å². The molecule has 0 saturated carbocycles. The predicted octanol–water partition coefficient (Wildman–Crippen LogP) is 4.81. The molecule has 0 aliphatic rings. The first-order chi connectivity index (χ1) is 10.0. The van der Waals surface area contributed by atoms with Crippen LogP contribution in [0, 0.1) is 6.92 Å². The van der Waals surface area contributed by atoms with Gasteiger partial charge >= 0.3 is 0 Å².